The molecule has 12 heavy (non-hydrogen) atoms. The molecule has 1 rings (SSSR count). The van der Waals surface area contributed by atoms with Gasteiger partial charge in [-0.25, -0.2) is 4.39 Å². The van der Waals surface area contributed by atoms with Crippen molar-refractivity contribution in [1.82, 2.24) is 4.90 Å². The SMILES string of the molecule is CC(C)CN1CCC(=O)C(F)C1. The number of piperidine rings is 1. The van der Waals surface area contributed by atoms with Crippen LogP contribution in [0.25, 0.3) is 0 Å². The Morgan fingerprint density at radius 2 is 2.33 bits per heavy atom. The van der Waals surface area contributed by atoms with Gasteiger partial charge in [0.15, 0.2) is 12.0 Å². The van der Waals surface area contributed by atoms with Crippen molar-refractivity contribution in [2.45, 2.75) is 26.4 Å². The minimum atomic E-state index is -1.24. The van der Waals surface area contributed by atoms with Gasteiger partial charge in [-0.2, -0.15) is 0 Å². The first-order valence-electron chi connectivity index (χ1n) is 4.48. The van der Waals surface area contributed by atoms with Gasteiger partial charge in [0.1, 0.15) is 0 Å². The maximum atomic E-state index is 12.9. The van der Waals surface area contributed by atoms with Gasteiger partial charge in [-0.05, 0) is 5.92 Å². The summed E-state index contributed by atoms with van der Waals surface area (Å²) < 4.78 is 12.9. The van der Waals surface area contributed by atoms with Crippen molar-refractivity contribution in [3.8, 4) is 0 Å². The Kier molecular flexibility index (Phi) is 3.20. The summed E-state index contributed by atoms with van der Waals surface area (Å²) in [6.45, 7) is 6.13. The zero-order valence-corrected chi connectivity index (χ0v) is 7.72. The van der Waals surface area contributed by atoms with E-state index >= 15 is 0 Å². The van der Waals surface area contributed by atoms with E-state index in [1.807, 2.05) is 4.90 Å². The Balaban J connectivity index is 2.35. The van der Waals surface area contributed by atoms with E-state index in [1.54, 1.807) is 0 Å². The largest absolute Gasteiger partial charge is 0.299 e. The highest BCUT2D eigenvalue weighted by atomic mass is 19.1. The first-order chi connectivity index (χ1) is 5.59. The van der Waals surface area contributed by atoms with E-state index in [2.05, 4.69) is 13.8 Å². The van der Waals surface area contributed by atoms with Crippen molar-refractivity contribution in [1.29, 1.82) is 0 Å². The van der Waals surface area contributed by atoms with Crippen LogP contribution in [0.5, 0.6) is 0 Å². The molecule has 70 valence electrons. The van der Waals surface area contributed by atoms with Gasteiger partial charge >= 0.3 is 0 Å². The summed E-state index contributed by atoms with van der Waals surface area (Å²) in [5, 5.41) is 0. The number of carbonyl (C=O) groups excluding carboxylic acids is 1. The number of carbonyl (C=O) groups is 1. The summed E-state index contributed by atoms with van der Waals surface area (Å²) in [6, 6.07) is 0. The van der Waals surface area contributed by atoms with Gasteiger partial charge in [-0.15, -0.1) is 0 Å². The van der Waals surface area contributed by atoms with Gasteiger partial charge < -0.3 is 0 Å². The Morgan fingerprint density at radius 3 is 2.83 bits per heavy atom. The Bertz CT molecular complexity index is 170. The number of Topliss-reactive ketones (excluding diaryl/α,β-unsaturated/α-hetero) is 1. The van der Waals surface area contributed by atoms with Crippen molar-refractivity contribution >= 4 is 5.78 Å². The molecule has 0 bridgehead atoms. The van der Waals surface area contributed by atoms with Gasteiger partial charge in [0.05, 0.1) is 0 Å². The highest BCUT2D eigenvalue weighted by Crippen LogP contribution is 2.11. The van der Waals surface area contributed by atoms with E-state index in [0.29, 0.717) is 18.9 Å². The average molecular weight is 173 g/mol. The molecule has 0 aliphatic carbocycles. The predicted octanol–water partition coefficient (Wildman–Crippen LogP) is 1.26. The second-order valence-electron chi connectivity index (χ2n) is 3.84. The molecule has 0 spiro atoms. The standard InChI is InChI=1S/C9H16FNO/c1-7(2)5-11-4-3-9(12)8(10)6-11/h7-8H,3-6H2,1-2H3. The second kappa shape index (κ2) is 3.99. The molecule has 0 amide bonds. The molecule has 1 atom stereocenters. The molecular formula is C9H16FNO. The van der Waals surface area contributed by atoms with Crippen molar-refractivity contribution in [2.24, 2.45) is 5.92 Å². The summed E-state index contributed by atoms with van der Waals surface area (Å²) in [7, 11) is 0. The van der Waals surface area contributed by atoms with Crippen LogP contribution in [0.15, 0.2) is 0 Å². The molecular weight excluding hydrogens is 157 g/mol. The second-order valence-corrected chi connectivity index (χ2v) is 3.84. The number of hydrogen-bond acceptors (Lipinski definition) is 2. The van der Waals surface area contributed by atoms with E-state index in [4.69, 9.17) is 0 Å². The first-order valence-corrected chi connectivity index (χ1v) is 4.48. The minimum absolute atomic E-state index is 0.227. The number of nitrogens with zero attached hydrogens (tertiary/aromatic N) is 1. The fourth-order valence-electron chi connectivity index (χ4n) is 1.53. The fourth-order valence-corrected chi connectivity index (χ4v) is 1.53. The molecule has 1 unspecified atom stereocenters. The molecule has 0 aromatic carbocycles. The molecule has 1 aliphatic rings. The van der Waals surface area contributed by atoms with Crippen LogP contribution in [0.3, 0.4) is 0 Å². The van der Waals surface area contributed by atoms with Crippen LogP contribution in [0, 0.1) is 5.92 Å². The maximum absolute atomic E-state index is 12.9. The lowest BCUT2D eigenvalue weighted by atomic mass is 10.1. The Labute approximate surface area is 72.7 Å². The minimum Gasteiger partial charge on any atom is -0.299 e. The Morgan fingerprint density at radius 1 is 1.67 bits per heavy atom. The van der Waals surface area contributed by atoms with E-state index in [1.165, 1.54) is 0 Å². The van der Waals surface area contributed by atoms with Crippen LogP contribution < -0.4 is 0 Å². The van der Waals surface area contributed by atoms with Crippen molar-refractivity contribution in [3.63, 3.8) is 0 Å². The van der Waals surface area contributed by atoms with E-state index in [-0.39, 0.29) is 5.78 Å². The number of alkyl halides is 1. The topological polar surface area (TPSA) is 20.3 Å². The smallest absolute Gasteiger partial charge is 0.171 e. The lowest BCUT2D eigenvalue weighted by molar-refractivity contribution is -0.127. The number of ketones is 1. The van der Waals surface area contributed by atoms with E-state index in [0.717, 1.165) is 13.1 Å². The van der Waals surface area contributed by atoms with Gasteiger partial charge in [0.2, 0.25) is 0 Å². The molecule has 0 radical (unpaired) electrons. The molecule has 1 saturated heterocycles. The molecule has 1 fully saturated rings. The number of hydrogen-bond donors (Lipinski definition) is 0. The lowest BCUT2D eigenvalue weighted by Crippen LogP contribution is -2.43. The molecule has 1 heterocycles. The van der Waals surface area contributed by atoms with E-state index < -0.39 is 6.17 Å². The average Bonchev–Trinajstić information content (AvgIpc) is 1.96. The molecule has 0 aromatic rings. The number of rotatable bonds is 2. The third kappa shape index (κ3) is 2.55. The van der Waals surface area contributed by atoms with Crippen LogP contribution >= 0.6 is 0 Å². The highest BCUT2D eigenvalue weighted by Gasteiger charge is 2.26. The lowest BCUT2D eigenvalue weighted by Gasteiger charge is -2.29. The molecule has 3 heteroatoms. The first kappa shape index (κ1) is 9.65. The monoisotopic (exact) mass is 173 g/mol. The summed E-state index contributed by atoms with van der Waals surface area (Å²) >= 11 is 0. The summed E-state index contributed by atoms with van der Waals surface area (Å²) in [4.78, 5) is 12.8. The van der Waals surface area contributed by atoms with Crippen LogP contribution in [0.2, 0.25) is 0 Å². The zero-order chi connectivity index (χ0) is 9.14. The highest BCUT2D eigenvalue weighted by molar-refractivity contribution is 5.84. The van der Waals surface area contributed by atoms with Crippen molar-refractivity contribution in [2.75, 3.05) is 19.6 Å². The third-order valence-electron chi connectivity index (χ3n) is 2.07. The normalized spacial score (nSPS) is 26.7. The molecule has 0 N–H and O–H groups in total. The maximum Gasteiger partial charge on any atom is 0.171 e. The summed E-state index contributed by atoms with van der Waals surface area (Å²) in [5.41, 5.74) is 0. The number of halogens is 1. The van der Waals surface area contributed by atoms with Gasteiger partial charge in [0.25, 0.3) is 0 Å². The molecule has 0 aromatic heterocycles. The molecule has 0 saturated carbocycles. The quantitative estimate of drug-likeness (QED) is 0.626. The summed E-state index contributed by atoms with van der Waals surface area (Å²) in [6.07, 6.45) is -0.856. The fraction of sp³-hybridized carbons (Fsp3) is 0.889. The Hall–Kier alpha value is -0.440. The predicted molar refractivity (Wildman–Crippen MR) is 45.8 cm³/mol. The summed E-state index contributed by atoms with van der Waals surface area (Å²) in [5.74, 6) is 0.320. The molecule has 2 nitrogen and oxygen atoms in total. The van der Waals surface area contributed by atoms with Gasteiger partial charge in [-0.1, -0.05) is 13.8 Å². The number of likely N-dealkylation sites (tertiary alicyclic amines) is 1. The van der Waals surface area contributed by atoms with Crippen molar-refractivity contribution < 1.29 is 9.18 Å². The van der Waals surface area contributed by atoms with Gasteiger partial charge in [-0.3, -0.25) is 9.69 Å². The molecule has 1 aliphatic heterocycles. The van der Waals surface area contributed by atoms with Crippen LogP contribution in [0.1, 0.15) is 20.3 Å². The van der Waals surface area contributed by atoms with Crippen molar-refractivity contribution in [3.05, 3.63) is 0 Å². The zero-order valence-electron chi connectivity index (χ0n) is 7.72. The van der Waals surface area contributed by atoms with Gasteiger partial charge in [0, 0.05) is 26.1 Å². The van der Waals surface area contributed by atoms with E-state index in [9.17, 15) is 9.18 Å². The van der Waals surface area contributed by atoms with Crippen LogP contribution in [-0.4, -0.2) is 36.5 Å². The third-order valence-corrected chi connectivity index (χ3v) is 2.07. The van der Waals surface area contributed by atoms with Crippen LogP contribution in [0.4, 0.5) is 4.39 Å². The van der Waals surface area contributed by atoms with Crippen LogP contribution in [-0.2, 0) is 4.79 Å².